The molecule has 32 heavy (non-hydrogen) atoms. The molecule has 180 valence electrons. The van der Waals surface area contributed by atoms with Crippen LogP contribution in [0.5, 0.6) is 0 Å². The minimum Gasteiger partial charge on any atom is -0.726 e. The average Bonchev–Trinajstić information content (AvgIpc) is 3.25. The van der Waals surface area contributed by atoms with Crippen molar-refractivity contribution in [2.24, 2.45) is 5.73 Å². The number of rotatable bonds is 7. The quantitative estimate of drug-likeness (QED) is 0.127. The van der Waals surface area contributed by atoms with Crippen LogP contribution in [0.25, 0.3) is 11.2 Å². The molecule has 0 saturated carbocycles. The van der Waals surface area contributed by atoms with E-state index in [0.717, 1.165) is 0 Å². The van der Waals surface area contributed by atoms with Gasteiger partial charge in [0.1, 0.15) is 47.7 Å². The van der Waals surface area contributed by atoms with Crippen LogP contribution in [0.1, 0.15) is 16.8 Å². The molecule has 17 heteroatoms. The van der Waals surface area contributed by atoms with Gasteiger partial charge in [0.05, 0.1) is 16.6 Å². The molecule has 1 aliphatic rings. The van der Waals surface area contributed by atoms with Crippen LogP contribution in [0.3, 0.4) is 0 Å². The highest BCUT2D eigenvalue weighted by Crippen LogP contribution is 2.32. The van der Waals surface area contributed by atoms with Crippen LogP contribution < -0.4 is 11.5 Å². The lowest BCUT2D eigenvalue weighted by Crippen LogP contribution is -2.37. The second-order valence-electron chi connectivity index (χ2n) is 6.65. The number of hydrogen-bond acceptors (Lipinski definition) is 12. The first-order chi connectivity index (χ1) is 16.0. The molecule has 0 spiro atoms. The van der Waals surface area contributed by atoms with Gasteiger partial charge in [-0.3, -0.25) is 13.9 Å². The first-order valence-electron chi connectivity index (χ1n) is 10.3. The number of fused-ring (bicyclic) bond motifs is 1. The number of carbonyl (C=O) groups is 1. The van der Waals surface area contributed by atoms with Gasteiger partial charge in [-0.05, 0) is 10.9 Å². The molecule has 0 radical (unpaired) electrons. The van der Waals surface area contributed by atoms with Gasteiger partial charge in [-0.2, -0.15) is 0 Å². The van der Waals surface area contributed by atoms with E-state index >= 15 is 0 Å². The Labute approximate surface area is 189 Å². The van der Waals surface area contributed by atoms with Crippen LogP contribution in [0.4, 0.5) is 5.82 Å². The highest BCUT2D eigenvalue weighted by Gasteiger charge is 2.46. The van der Waals surface area contributed by atoms with Gasteiger partial charge >= 0.3 is 5.97 Å². The minimum absolute atomic E-state index is 0.0229. The number of aromatic nitrogens is 4. The normalized spacial score (nSPS) is 27.0. The predicted octanol–water partition coefficient (Wildman–Crippen LogP) is -2.92. The number of aliphatic carboxylic acids is 1. The van der Waals surface area contributed by atoms with Crippen molar-refractivity contribution in [2.75, 3.05) is 23.4 Å². The van der Waals surface area contributed by atoms with E-state index in [2.05, 4.69) is 15.0 Å². The van der Waals surface area contributed by atoms with Gasteiger partial charge in [0.25, 0.3) is 0 Å². The third kappa shape index (κ3) is 6.94. The lowest BCUT2D eigenvalue weighted by molar-refractivity contribution is -0.138. The van der Waals surface area contributed by atoms with Crippen molar-refractivity contribution in [1.82, 2.24) is 19.5 Å². The lowest BCUT2D eigenvalue weighted by Gasteiger charge is -2.16. The summed E-state index contributed by atoms with van der Waals surface area (Å²) in [4.78, 5) is 22.9. The molecule has 2 aromatic heterocycles. The van der Waals surface area contributed by atoms with Crippen LogP contribution in [0.2, 0.25) is 0 Å². The zero-order valence-electron chi connectivity index (χ0n) is 19.3. The summed E-state index contributed by atoms with van der Waals surface area (Å²) in [5.41, 5.74) is 11.8. The number of ether oxygens (including phenoxy) is 1. The molecule has 2 aromatic rings. The minimum atomic E-state index is -4.92. The molecule has 6 atom stereocenters. The van der Waals surface area contributed by atoms with Crippen LogP contribution in [0.15, 0.2) is 12.7 Å². The van der Waals surface area contributed by atoms with E-state index in [1.54, 1.807) is 0 Å². The van der Waals surface area contributed by atoms with Gasteiger partial charge in [-0.25, -0.2) is 23.4 Å². The number of nitrogens with zero attached hydrogens (tertiary/aromatic N) is 4. The highest BCUT2D eigenvalue weighted by molar-refractivity contribution is 7.96. The van der Waals surface area contributed by atoms with E-state index in [0.29, 0.717) is 11.2 Å². The zero-order valence-corrected chi connectivity index (χ0v) is 17.9. The molecule has 1 unspecified atom stereocenters. The number of carboxylic acids is 1. The molecule has 3 heterocycles. The van der Waals surface area contributed by atoms with Gasteiger partial charge in [0, 0.05) is 6.42 Å². The van der Waals surface area contributed by atoms with Gasteiger partial charge in [0.15, 0.2) is 17.7 Å². The molecule has 0 aliphatic carbocycles. The summed E-state index contributed by atoms with van der Waals surface area (Å²) in [5, 5.41) is 29.9. The molecule has 8 N–H and O–H groups in total. The van der Waals surface area contributed by atoms with E-state index in [4.69, 9.17) is 42.9 Å². The number of aliphatic hydroxyl groups is 2. The lowest BCUT2D eigenvalue weighted by atomic mass is 10.1. The second kappa shape index (κ2) is 10.7. The van der Waals surface area contributed by atoms with Crippen LogP contribution in [0, 0.1) is 0 Å². The summed E-state index contributed by atoms with van der Waals surface area (Å²) in [5.74, 6) is -1.15. The van der Waals surface area contributed by atoms with E-state index in [9.17, 15) is 15.0 Å². The summed E-state index contributed by atoms with van der Waals surface area (Å²) in [7, 11) is -6.22. The molecule has 0 aromatic carbocycles. The Bertz CT molecular complexity index is 1130. The number of aliphatic hydroxyl groups excluding tert-OH is 2. The Morgan fingerprint density at radius 2 is 2.06 bits per heavy atom. The topological polar surface area (TPSA) is 260 Å². The fourth-order valence-electron chi connectivity index (χ4n) is 2.83. The van der Waals surface area contributed by atoms with E-state index in [-0.39, 0.29) is 23.7 Å². The van der Waals surface area contributed by atoms with Crippen LogP contribution >= 0.6 is 0 Å². The van der Waals surface area contributed by atoms with Crippen molar-refractivity contribution in [2.45, 2.75) is 37.0 Å². The van der Waals surface area contributed by atoms with Crippen molar-refractivity contribution >= 4 is 44.2 Å². The average molecular weight is 500 g/mol. The number of carboxylic acid groups (broad SMARTS) is 1. The third-order valence-electron chi connectivity index (χ3n) is 4.36. The molecular weight excluding hydrogens is 472 g/mol. The fraction of sp³-hybridized carbons (Fsp3) is 0.600. The Hall–Kier alpha value is -2.12. The van der Waals surface area contributed by atoms with Crippen molar-refractivity contribution < 1.29 is 46.5 Å². The number of nitrogen functional groups attached to an aromatic ring is 1. The summed E-state index contributed by atoms with van der Waals surface area (Å²) in [6.45, 7) is 0. The Kier molecular flexibility index (Phi) is 7.24. The highest BCUT2D eigenvalue weighted by atomic mass is 32.3. The monoisotopic (exact) mass is 499 g/mol. The first-order valence-corrected chi connectivity index (χ1v) is 11.7. The molecule has 15 nitrogen and oxygen atoms in total. The van der Waals surface area contributed by atoms with E-state index < -0.39 is 64.0 Å². The van der Waals surface area contributed by atoms with Crippen LogP contribution in [-0.2, 0) is 30.8 Å². The SMILES string of the molecule is O=S(=O)([O-])O.[2H]C([2H])([2H])[S+](CC[C@H](N)C(=O)O)C[C@H]1O[C@@H](n2cnc3c(N)ncnc32)[C@H](O)[C@@H]1O. The molecule has 1 aliphatic heterocycles. The predicted molar refractivity (Wildman–Crippen MR) is 111 cm³/mol. The summed E-state index contributed by atoms with van der Waals surface area (Å²) in [6, 6.07) is -1.18. The molecular formula is C15H24N6O9S2. The standard InChI is InChI=1S/C15H22N6O5S.H2O4S/c1-27(3-2-7(16)15(24)25)4-8-10(22)11(23)14(26-8)21-6-20-9-12(17)18-5-19-13(9)21;1-5(2,3)4/h5-8,10-11,14,22-23H,2-4,16H2,1H3,(H2-,17,18,19,24,25);(H2,1,2,3,4)/t7-,8+,10+,11+,14+,27?;/m0./s1/i1D3;. The van der Waals surface area contributed by atoms with Crippen LogP contribution in [-0.4, -0.2) is 100 Å². The maximum absolute atomic E-state index is 10.9. The molecule has 1 saturated heterocycles. The number of anilines is 1. The Morgan fingerprint density at radius 1 is 1.41 bits per heavy atom. The van der Waals surface area contributed by atoms with Crippen molar-refractivity contribution in [3.63, 3.8) is 0 Å². The maximum atomic E-state index is 10.9. The van der Waals surface area contributed by atoms with Crippen molar-refractivity contribution in [1.29, 1.82) is 0 Å². The van der Waals surface area contributed by atoms with E-state index in [1.807, 2.05) is 0 Å². The van der Waals surface area contributed by atoms with Gasteiger partial charge in [-0.15, -0.1) is 0 Å². The smallest absolute Gasteiger partial charge is 0.320 e. The van der Waals surface area contributed by atoms with Gasteiger partial charge in [0.2, 0.25) is 10.4 Å². The maximum Gasteiger partial charge on any atom is 0.320 e. The number of imidazole rings is 1. The fourth-order valence-corrected chi connectivity index (χ4v) is 4.20. The largest absolute Gasteiger partial charge is 0.726 e. The zero-order chi connectivity index (χ0) is 26.7. The molecule has 0 amide bonds. The summed E-state index contributed by atoms with van der Waals surface area (Å²) >= 11 is 0. The van der Waals surface area contributed by atoms with Crippen molar-refractivity contribution in [3.8, 4) is 0 Å². The summed E-state index contributed by atoms with van der Waals surface area (Å²) in [6.07, 6.45) is -4.65. The molecule has 3 rings (SSSR count). The van der Waals surface area contributed by atoms with E-state index in [1.165, 1.54) is 17.2 Å². The first kappa shape index (κ1) is 21.7. The third-order valence-corrected chi connectivity index (χ3v) is 5.82. The molecule has 0 bridgehead atoms. The van der Waals surface area contributed by atoms with Gasteiger partial charge in [-0.1, -0.05) is 0 Å². The second-order valence-corrected chi connectivity index (χ2v) is 9.24. The Morgan fingerprint density at radius 3 is 2.66 bits per heavy atom. The Balaban J connectivity index is 0.000000784. The van der Waals surface area contributed by atoms with Crippen molar-refractivity contribution in [3.05, 3.63) is 12.7 Å². The molecule has 1 fully saturated rings. The number of nitrogens with two attached hydrogens (primary N) is 2. The number of hydrogen-bond donors (Lipinski definition) is 6. The summed E-state index contributed by atoms with van der Waals surface area (Å²) < 4.78 is 63.3. The van der Waals surface area contributed by atoms with Gasteiger partial charge < -0.3 is 36.1 Å².